The highest BCUT2D eigenvalue weighted by Gasteiger charge is 2.17. The maximum Gasteiger partial charge on any atom is 0.328 e. The molecule has 0 fully saturated rings. The van der Waals surface area contributed by atoms with Gasteiger partial charge in [-0.3, -0.25) is 5.10 Å². The molecule has 0 unspecified atom stereocenters. The molecule has 2 N–H and O–H groups in total. The number of carboxylic acid groups (broad SMARTS) is 1. The molecule has 1 aliphatic rings. The summed E-state index contributed by atoms with van der Waals surface area (Å²) in [5.74, 6) is 0.0204. The van der Waals surface area contributed by atoms with Gasteiger partial charge < -0.3 is 9.84 Å². The number of aliphatic carboxylic acids is 1. The molecule has 2 heterocycles. The molecule has 164 valence electrons. The fourth-order valence-corrected chi connectivity index (χ4v) is 4.44. The standard InChI is InChI=1S/C28H24N2O3/c1-2-24(20-9-11-26-21(15-20)13-14-33-26)28(22-8-10-25-23(16-22)17-29-30-25)19-6-3-18(4-7-19)5-12-27(31)32/h3-12,15-17H,2,13-14H2,1H3,(H,29,30)(H,31,32). The molecule has 0 saturated heterocycles. The van der Waals surface area contributed by atoms with Crippen molar-refractivity contribution in [2.75, 3.05) is 6.61 Å². The summed E-state index contributed by atoms with van der Waals surface area (Å²) in [6.07, 6.45) is 6.39. The fourth-order valence-electron chi connectivity index (χ4n) is 4.44. The lowest BCUT2D eigenvalue weighted by atomic mass is 9.87. The number of carboxylic acids is 1. The predicted molar refractivity (Wildman–Crippen MR) is 131 cm³/mol. The van der Waals surface area contributed by atoms with Gasteiger partial charge in [-0.25, -0.2) is 4.79 Å². The second-order valence-electron chi connectivity index (χ2n) is 8.09. The minimum Gasteiger partial charge on any atom is -0.493 e. The third-order valence-electron chi connectivity index (χ3n) is 6.04. The van der Waals surface area contributed by atoms with Crippen LogP contribution in [0.4, 0.5) is 0 Å². The van der Waals surface area contributed by atoms with Crippen LogP contribution in [0.5, 0.6) is 5.75 Å². The molecule has 4 aromatic rings. The molecular weight excluding hydrogens is 412 g/mol. The SMILES string of the molecule is CCC(=C(c1ccc(C=CC(=O)O)cc1)c1ccc2[nH]ncc2c1)c1ccc2c(c1)CCO2. The number of aromatic nitrogens is 2. The van der Waals surface area contributed by atoms with E-state index in [1.165, 1.54) is 16.7 Å². The first-order valence-electron chi connectivity index (χ1n) is 11.1. The number of rotatable bonds is 6. The quantitative estimate of drug-likeness (QED) is 0.289. The van der Waals surface area contributed by atoms with Crippen LogP contribution in [0.15, 0.2) is 72.9 Å². The average Bonchev–Trinajstić information content (AvgIpc) is 3.50. The van der Waals surface area contributed by atoms with Gasteiger partial charge in [0.25, 0.3) is 0 Å². The molecular formula is C28H24N2O3. The summed E-state index contributed by atoms with van der Waals surface area (Å²) in [4.78, 5) is 10.9. The number of nitrogens with one attached hydrogen (secondary N) is 1. The number of carbonyl (C=O) groups is 1. The summed E-state index contributed by atoms with van der Waals surface area (Å²) in [7, 11) is 0. The lowest BCUT2D eigenvalue weighted by molar-refractivity contribution is -0.131. The molecule has 0 saturated carbocycles. The second kappa shape index (κ2) is 8.79. The topological polar surface area (TPSA) is 75.2 Å². The Morgan fingerprint density at radius 1 is 1.06 bits per heavy atom. The summed E-state index contributed by atoms with van der Waals surface area (Å²) in [6.45, 7) is 2.92. The molecule has 0 spiro atoms. The van der Waals surface area contributed by atoms with Crippen LogP contribution >= 0.6 is 0 Å². The molecule has 1 aliphatic heterocycles. The van der Waals surface area contributed by atoms with Crippen molar-refractivity contribution in [3.05, 3.63) is 101 Å². The van der Waals surface area contributed by atoms with E-state index >= 15 is 0 Å². The number of fused-ring (bicyclic) bond motifs is 2. The zero-order valence-electron chi connectivity index (χ0n) is 18.3. The number of H-pyrrole nitrogens is 1. The van der Waals surface area contributed by atoms with Gasteiger partial charge in [0.2, 0.25) is 0 Å². The first kappa shape index (κ1) is 20.8. The van der Waals surface area contributed by atoms with Gasteiger partial charge in [-0.05, 0) is 75.7 Å². The number of aromatic amines is 1. The van der Waals surface area contributed by atoms with Crippen LogP contribution in [0, 0.1) is 0 Å². The van der Waals surface area contributed by atoms with E-state index in [1.54, 1.807) is 6.08 Å². The van der Waals surface area contributed by atoms with Gasteiger partial charge in [0.1, 0.15) is 5.75 Å². The van der Waals surface area contributed by atoms with Crippen molar-refractivity contribution < 1.29 is 14.6 Å². The molecule has 3 aromatic carbocycles. The molecule has 0 amide bonds. The van der Waals surface area contributed by atoms with Gasteiger partial charge in [0.15, 0.2) is 0 Å². The summed E-state index contributed by atoms with van der Waals surface area (Å²) in [6, 6.07) is 20.8. The molecule has 5 heteroatoms. The van der Waals surface area contributed by atoms with Crippen LogP contribution in [0.1, 0.15) is 41.2 Å². The molecule has 0 radical (unpaired) electrons. The van der Waals surface area contributed by atoms with Gasteiger partial charge in [0.05, 0.1) is 18.3 Å². The van der Waals surface area contributed by atoms with Crippen LogP contribution in [-0.4, -0.2) is 27.9 Å². The lowest BCUT2D eigenvalue weighted by Crippen LogP contribution is -1.96. The third-order valence-corrected chi connectivity index (χ3v) is 6.04. The van der Waals surface area contributed by atoms with Crippen molar-refractivity contribution in [3.63, 3.8) is 0 Å². The first-order chi connectivity index (χ1) is 16.1. The Kier molecular flexibility index (Phi) is 5.53. The van der Waals surface area contributed by atoms with Gasteiger partial charge in [-0.1, -0.05) is 43.3 Å². The van der Waals surface area contributed by atoms with Crippen LogP contribution in [-0.2, 0) is 11.2 Å². The van der Waals surface area contributed by atoms with Crippen molar-refractivity contribution in [3.8, 4) is 5.75 Å². The average molecular weight is 437 g/mol. The number of nitrogens with zero attached hydrogens (tertiary/aromatic N) is 1. The van der Waals surface area contributed by atoms with E-state index in [9.17, 15) is 4.79 Å². The van der Waals surface area contributed by atoms with Gasteiger partial charge in [-0.2, -0.15) is 5.10 Å². The van der Waals surface area contributed by atoms with Crippen LogP contribution in [0.25, 0.3) is 28.1 Å². The summed E-state index contributed by atoms with van der Waals surface area (Å²) in [5.41, 5.74) is 8.90. The Morgan fingerprint density at radius 3 is 2.64 bits per heavy atom. The van der Waals surface area contributed by atoms with Crippen LogP contribution in [0.2, 0.25) is 0 Å². The number of benzene rings is 3. The smallest absolute Gasteiger partial charge is 0.328 e. The minimum absolute atomic E-state index is 0.735. The Balaban J connectivity index is 1.68. The molecule has 5 nitrogen and oxygen atoms in total. The summed E-state index contributed by atoms with van der Waals surface area (Å²) >= 11 is 0. The van der Waals surface area contributed by atoms with Crippen molar-refractivity contribution >= 4 is 34.1 Å². The Bertz CT molecular complexity index is 1390. The van der Waals surface area contributed by atoms with E-state index in [0.717, 1.165) is 64.4 Å². The zero-order valence-corrected chi connectivity index (χ0v) is 18.3. The Hall–Kier alpha value is -4.12. The number of allylic oxidation sites excluding steroid dienone is 1. The van der Waals surface area contributed by atoms with Gasteiger partial charge in [0, 0.05) is 17.9 Å². The van der Waals surface area contributed by atoms with E-state index in [-0.39, 0.29) is 0 Å². The maximum atomic E-state index is 10.9. The van der Waals surface area contributed by atoms with Crippen molar-refractivity contribution in [2.45, 2.75) is 19.8 Å². The summed E-state index contributed by atoms with van der Waals surface area (Å²) < 4.78 is 5.71. The van der Waals surface area contributed by atoms with Gasteiger partial charge in [-0.15, -0.1) is 0 Å². The van der Waals surface area contributed by atoms with E-state index < -0.39 is 5.97 Å². The molecule has 0 atom stereocenters. The third kappa shape index (κ3) is 4.17. The fraction of sp³-hybridized carbons (Fsp3) is 0.143. The lowest BCUT2D eigenvalue weighted by Gasteiger charge is -2.17. The highest BCUT2D eigenvalue weighted by Crippen LogP contribution is 2.37. The Labute approximate surface area is 192 Å². The Morgan fingerprint density at radius 2 is 1.85 bits per heavy atom. The minimum atomic E-state index is -0.957. The number of hydrogen-bond donors (Lipinski definition) is 2. The monoisotopic (exact) mass is 436 g/mol. The second-order valence-corrected chi connectivity index (χ2v) is 8.09. The number of hydrogen-bond acceptors (Lipinski definition) is 3. The normalized spacial score (nSPS) is 13.7. The molecule has 0 aliphatic carbocycles. The van der Waals surface area contributed by atoms with Crippen molar-refractivity contribution in [2.24, 2.45) is 0 Å². The number of ether oxygens (including phenoxy) is 1. The molecule has 5 rings (SSSR count). The first-order valence-corrected chi connectivity index (χ1v) is 11.1. The van der Waals surface area contributed by atoms with E-state index in [2.05, 4.69) is 65.7 Å². The molecule has 33 heavy (non-hydrogen) atoms. The highest BCUT2D eigenvalue weighted by molar-refractivity contribution is 6.00. The van der Waals surface area contributed by atoms with Crippen LogP contribution < -0.4 is 4.74 Å². The van der Waals surface area contributed by atoms with E-state index in [0.29, 0.717) is 0 Å². The largest absolute Gasteiger partial charge is 0.493 e. The van der Waals surface area contributed by atoms with Crippen LogP contribution in [0.3, 0.4) is 0 Å². The van der Waals surface area contributed by atoms with Crippen molar-refractivity contribution in [1.29, 1.82) is 0 Å². The van der Waals surface area contributed by atoms with Gasteiger partial charge >= 0.3 is 5.97 Å². The predicted octanol–water partition coefficient (Wildman–Crippen LogP) is 5.96. The van der Waals surface area contributed by atoms with E-state index in [4.69, 9.17) is 9.84 Å². The van der Waals surface area contributed by atoms with E-state index in [1.807, 2.05) is 18.3 Å². The maximum absolute atomic E-state index is 10.9. The zero-order chi connectivity index (χ0) is 22.8. The highest BCUT2D eigenvalue weighted by atomic mass is 16.5. The molecule has 0 bridgehead atoms. The van der Waals surface area contributed by atoms with Crippen molar-refractivity contribution in [1.82, 2.24) is 10.2 Å². The molecule has 1 aromatic heterocycles. The summed E-state index contributed by atoms with van der Waals surface area (Å²) in [5, 5.41) is 17.2.